The molecule has 2 N–H and O–H groups in total. The second-order valence-electron chi connectivity index (χ2n) is 5.78. The van der Waals surface area contributed by atoms with Gasteiger partial charge < -0.3 is 10.1 Å². The third-order valence-electron chi connectivity index (χ3n) is 3.24. The average Bonchev–Trinajstić information content (AvgIpc) is 2.61. The van der Waals surface area contributed by atoms with Gasteiger partial charge in [0.15, 0.2) is 0 Å². The Hall–Kier alpha value is -2.86. The van der Waals surface area contributed by atoms with Gasteiger partial charge in [-0.05, 0) is 49.7 Å². The fourth-order valence-corrected chi connectivity index (χ4v) is 2.16. The minimum absolute atomic E-state index is 0.115. The number of carbonyl (C=O) groups is 2. The molecule has 0 atom stereocenters. The maximum absolute atomic E-state index is 11.5. The summed E-state index contributed by atoms with van der Waals surface area (Å²) in [6, 6.07) is 14.5. The summed E-state index contributed by atoms with van der Waals surface area (Å²) in [5.41, 5.74) is 3.83. The van der Waals surface area contributed by atoms with Crippen molar-refractivity contribution in [3.8, 4) is 5.75 Å². The lowest BCUT2D eigenvalue weighted by Crippen LogP contribution is -2.41. The number of nitrogens with one attached hydrogen (secondary N) is 2. The number of nitrogens with zero attached hydrogens (tertiary/aromatic N) is 1. The van der Waals surface area contributed by atoms with Crippen molar-refractivity contribution < 1.29 is 14.3 Å². The first-order chi connectivity index (χ1) is 12.5. The van der Waals surface area contributed by atoms with Crippen LogP contribution in [0.25, 0.3) is 0 Å². The van der Waals surface area contributed by atoms with Gasteiger partial charge in [0.25, 0.3) is 0 Å². The molecule has 2 rings (SSSR count). The Balaban J connectivity index is 1.84. The first kappa shape index (κ1) is 19.5. The van der Waals surface area contributed by atoms with Crippen molar-refractivity contribution in [3.05, 3.63) is 64.7 Å². The zero-order chi connectivity index (χ0) is 18.9. The number of ether oxygens (including phenoxy) is 1. The van der Waals surface area contributed by atoms with E-state index in [1.807, 2.05) is 24.3 Å². The predicted octanol–water partition coefficient (Wildman–Crippen LogP) is 2.89. The van der Waals surface area contributed by atoms with Crippen molar-refractivity contribution in [1.82, 2.24) is 10.7 Å². The van der Waals surface area contributed by atoms with Crippen molar-refractivity contribution in [2.45, 2.75) is 26.5 Å². The second kappa shape index (κ2) is 9.58. The molecule has 0 aliphatic heterocycles. The molecule has 0 saturated heterocycles. The Bertz CT molecular complexity index is 789. The molecule has 0 radical (unpaired) electrons. The van der Waals surface area contributed by atoms with Crippen molar-refractivity contribution in [3.63, 3.8) is 0 Å². The highest BCUT2D eigenvalue weighted by molar-refractivity contribution is 6.35. The van der Waals surface area contributed by atoms with Crippen LogP contribution in [-0.2, 0) is 16.2 Å². The van der Waals surface area contributed by atoms with Gasteiger partial charge in [-0.25, -0.2) is 5.43 Å². The van der Waals surface area contributed by atoms with Gasteiger partial charge in [0.2, 0.25) is 0 Å². The first-order valence-corrected chi connectivity index (χ1v) is 8.43. The van der Waals surface area contributed by atoms with Gasteiger partial charge in [-0.1, -0.05) is 29.8 Å². The third-order valence-corrected chi connectivity index (χ3v) is 3.61. The number of hydrogen-bond donors (Lipinski definition) is 2. The van der Waals surface area contributed by atoms with Gasteiger partial charge >= 0.3 is 11.8 Å². The standard InChI is InChI=1S/C19H20ClN3O3/c1-13(2)22-18(24)19(25)23-21-11-14-7-9-16(10-8-14)26-12-15-5-3-4-6-17(15)20/h3-11,13H,12H2,1-2H3,(H,22,24)(H,23,25)/b21-11-. The summed E-state index contributed by atoms with van der Waals surface area (Å²) in [5.74, 6) is -0.850. The Labute approximate surface area is 157 Å². The van der Waals surface area contributed by atoms with Gasteiger partial charge in [0, 0.05) is 16.6 Å². The zero-order valence-electron chi connectivity index (χ0n) is 14.5. The van der Waals surface area contributed by atoms with Crippen molar-refractivity contribution >= 4 is 29.6 Å². The summed E-state index contributed by atoms with van der Waals surface area (Å²) in [7, 11) is 0. The molecular weight excluding hydrogens is 354 g/mol. The lowest BCUT2D eigenvalue weighted by Gasteiger charge is -2.08. The number of rotatable bonds is 6. The van der Waals surface area contributed by atoms with Crippen LogP contribution in [0.15, 0.2) is 53.6 Å². The van der Waals surface area contributed by atoms with Gasteiger partial charge in [0.1, 0.15) is 12.4 Å². The van der Waals surface area contributed by atoms with E-state index in [9.17, 15) is 9.59 Å². The Kier molecular flexibility index (Phi) is 7.17. The van der Waals surface area contributed by atoms with E-state index >= 15 is 0 Å². The van der Waals surface area contributed by atoms with Crippen molar-refractivity contribution in [2.75, 3.05) is 0 Å². The molecule has 0 saturated carbocycles. The van der Waals surface area contributed by atoms with E-state index in [2.05, 4.69) is 15.8 Å². The number of hydrogen-bond acceptors (Lipinski definition) is 4. The normalized spacial score (nSPS) is 10.8. The van der Waals surface area contributed by atoms with Gasteiger partial charge in [-0.3, -0.25) is 9.59 Å². The summed E-state index contributed by atoms with van der Waals surface area (Å²) >= 11 is 6.09. The Morgan fingerprint density at radius 1 is 1.12 bits per heavy atom. The van der Waals surface area contributed by atoms with Crippen molar-refractivity contribution in [2.24, 2.45) is 5.10 Å². The molecule has 7 heteroatoms. The molecule has 6 nitrogen and oxygen atoms in total. The van der Waals surface area contributed by atoms with E-state index < -0.39 is 11.8 Å². The van der Waals surface area contributed by atoms with E-state index in [-0.39, 0.29) is 6.04 Å². The highest BCUT2D eigenvalue weighted by atomic mass is 35.5. The Morgan fingerprint density at radius 2 is 1.81 bits per heavy atom. The van der Waals surface area contributed by atoms with Crippen LogP contribution >= 0.6 is 11.6 Å². The monoisotopic (exact) mass is 373 g/mol. The van der Waals surface area contributed by atoms with Gasteiger partial charge in [-0.15, -0.1) is 0 Å². The maximum atomic E-state index is 11.5. The van der Waals surface area contributed by atoms with Crippen LogP contribution in [0.5, 0.6) is 5.75 Å². The van der Waals surface area contributed by atoms with Gasteiger partial charge in [0.05, 0.1) is 6.21 Å². The minimum atomic E-state index is -0.811. The van der Waals surface area contributed by atoms with E-state index in [1.165, 1.54) is 6.21 Å². The molecule has 136 valence electrons. The molecule has 0 heterocycles. The quantitative estimate of drug-likeness (QED) is 0.464. The van der Waals surface area contributed by atoms with E-state index in [0.717, 1.165) is 11.1 Å². The topological polar surface area (TPSA) is 79.8 Å². The molecule has 0 aromatic heterocycles. The third kappa shape index (κ3) is 6.22. The molecule has 26 heavy (non-hydrogen) atoms. The van der Waals surface area contributed by atoms with Gasteiger partial charge in [-0.2, -0.15) is 5.10 Å². The summed E-state index contributed by atoms with van der Waals surface area (Å²) in [5, 5.41) is 6.90. The molecular formula is C19H20ClN3O3. The first-order valence-electron chi connectivity index (χ1n) is 8.06. The number of amides is 2. The molecule has 2 aromatic rings. The smallest absolute Gasteiger partial charge is 0.329 e. The number of carbonyl (C=O) groups excluding carboxylic acids is 2. The average molecular weight is 374 g/mol. The molecule has 0 unspecified atom stereocenters. The van der Waals surface area contributed by atoms with Crippen LogP contribution in [0.1, 0.15) is 25.0 Å². The fraction of sp³-hybridized carbons (Fsp3) is 0.211. The second-order valence-corrected chi connectivity index (χ2v) is 6.18. The lowest BCUT2D eigenvalue weighted by molar-refractivity contribution is -0.139. The Morgan fingerprint density at radius 3 is 2.46 bits per heavy atom. The van der Waals surface area contributed by atoms with Crippen LogP contribution in [0.3, 0.4) is 0 Å². The molecule has 2 aromatic carbocycles. The summed E-state index contributed by atoms with van der Waals surface area (Å²) < 4.78 is 5.69. The molecule has 0 fully saturated rings. The van der Waals surface area contributed by atoms with Crippen LogP contribution in [0.2, 0.25) is 5.02 Å². The van der Waals surface area contributed by atoms with Crippen LogP contribution < -0.4 is 15.5 Å². The minimum Gasteiger partial charge on any atom is -0.489 e. The summed E-state index contributed by atoms with van der Waals surface area (Å²) in [4.78, 5) is 22.9. The molecule has 0 aliphatic carbocycles. The van der Waals surface area contributed by atoms with E-state index in [0.29, 0.717) is 17.4 Å². The van der Waals surface area contributed by atoms with Crippen LogP contribution in [0, 0.1) is 0 Å². The van der Waals surface area contributed by atoms with E-state index in [1.54, 1.807) is 38.1 Å². The van der Waals surface area contributed by atoms with Crippen LogP contribution in [0.4, 0.5) is 0 Å². The predicted molar refractivity (Wildman–Crippen MR) is 101 cm³/mol. The number of hydrazone groups is 1. The van der Waals surface area contributed by atoms with Crippen molar-refractivity contribution in [1.29, 1.82) is 0 Å². The maximum Gasteiger partial charge on any atom is 0.329 e. The fourth-order valence-electron chi connectivity index (χ4n) is 1.97. The molecule has 2 amide bonds. The number of halogens is 1. The molecule has 0 aliphatic rings. The molecule has 0 bridgehead atoms. The lowest BCUT2D eigenvalue weighted by atomic mass is 10.2. The highest BCUT2D eigenvalue weighted by Crippen LogP contribution is 2.18. The SMILES string of the molecule is CC(C)NC(=O)C(=O)N/N=C\c1ccc(OCc2ccccc2Cl)cc1. The largest absolute Gasteiger partial charge is 0.489 e. The number of benzene rings is 2. The summed E-state index contributed by atoms with van der Waals surface area (Å²) in [6.45, 7) is 3.90. The van der Waals surface area contributed by atoms with E-state index in [4.69, 9.17) is 16.3 Å². The summed E-state index contributed by atoms with van der Waals surface area (Å²) in [6.07, 6.45) is 1.44. The van der Waals surface area contributed by atoms with Crippen LogP contribution in [-0.4, -0.2) is 24.1 Å². The molecule has 0 spiro atoms. The zero-order valence-corrected chi connectivity index (χ0v) is 15.3. The highest BCUT2D eigenvalue weighted by Gasteiger charge is 2.12.